The van der Waals surface area contributed by atoms with Crippen LogP contribution in [0.15, 0.2) is 186 Å². The third kappa shape index (κ3) is 4.40. The van der Waals surface area contributed by atoms with Gasteiger partial charge in [-0.25, -0.2) is 0 Å². The van der Waals surface area contributed by atoms with Gasteiger partial charge in [0, 0.05) is 10.8 Å². The molecule has 0 aliphatic carbocycles. The molecule has 1 aromatic heterocycles. The topological polar surface area (TPSA) is 13.1 Å². The van der Waals surface area contributed by atoms with E-state index in [4.69, 9.17) is 18.1 Å². The minimum absolute atomic E-state index is 0.136. The zero-order valence-corrected chi connectivity index (χ0v) is 26.0. The van der Waals surface area contributed by atoms with E-state index in [1.54, 1.807) is 18.2 Å². The molecule has 0 amide bonds. The summed E-state index contributed by atoms with van der Waals surface area (Å²) in [4.78, 5) is 0. The lowest BCUT2D eigenvalue weighted by Crippen LogP contribution is -1.93. The lowest BCUT2D eigenvalue weighted by atomic mass is 9.83. The standard InChI is InChI=1S/C48H30O/c1-3-14-31(15-4-1)36-27-26-35(29-42(36)32-16-5-2-6-17-32)46-37-20-9-11-22-39(37)47(40-23-12-10-21-38(40)46)41-24-13-25-44-48(41)43-28-33-18-7-8-19-34(33)30-45(43)49-44/h1-30H/i1D,2D,3D,4D,5D,6D,14D,15D,16D,17D. The highest BCUT2D eigenvalue weighted by molar-refractivity contribution is 6.26. The van der Waals surface area contributed by atoms with Crippen molar-refractivity contribution in [2.75, 3.05) is 0 Å². The van der Waals surface area contributed by atoms with Crippen LogP contribution in [-0.4, -0.2) is 0 Å². The molecule has 0 bridgehead atoms. The van der Waals surface area contributed by atoms with E-state index in [-0.39, 0.29) is 22.3 Å². The van der Waals surface area contributed by atoms with Crippen LogP contribution in [0.3, 0.4) is 0 Å². The van der Waals surface area contributed by atoms with Crippen molar-refractivity contribution in [2.45, 2.75) is 0 Å². The summed E-state index contributed by atoms with van der Waals surface area (Å²) in [5, 5.41) is 7.84. The highest BCUT2D eigenvalue weighted by Crippen LogP contribution is 2.48. The second kappa shape index (κ2) is 11.1. The Morgan fingerprint density at radius 2 is 0.939 bits per heavy atom. The maximum Gasteiger partial charge on any atom is 0.136 e. The van der Waals surface area contributed by atoms with Crippen LogP contribution in [-0.2, 0) is 0 Å². The van der Waals surface area contributed by atoms with Crippen molar-refractivity contribution in [2.24, 2.45) is 0 Å². The fraction of sp³-hybridized carbons (Fsp3) is 0. The first kappa shape index (κ1) is 19.4. The molecule has 0 aliphatic heterocycles. The third-order valence-electron chi connectivity index (χ3n) is 9.41. The molecule has 0 atom stereocenters. The highest BCUT2D eigenvalue weighted by Gasteiger charge is 2.21. The second-order valence-corrected chi connectivity index (χ2v) is 12.1. The van der Waals surface area contributed by atoms with Crippen LogP contribution in [0.25, 0.3) is 98.8 Å². The van der Waals surface area contributed by atoms with Crippen molar-refractivity contribution in [3.05, 3.63) is 182 Å². The number of hydrogen-bond acceptors (Lipinski definition) is 1. The van der Waals surface area contributed by atoms with Crippen molar-refractivity contribution in [3.8, 4) is 44.5 Å². The molecule has 228 valence electrons. The maximum absolute atomic E-state index is 9.00. The summed E-state index contributed by atoms with van der Waals surface area (Å²) < 4.78 is 92.7. The van der Waals surface area contributed by atoms with Crippen LogP contribution in [0.2, 0.25) is 0 Å². The first-order valence-corrected chi connectivity index (χ1v) is 16.0. The molecule has 0 fully saturated rings. The smallest absolute Gasteiger partial charge is 0.136 e. The summed E-state index contributed by atoms with van der Waals surface area (Å²) in [7, 11) is 0. The van der Waals surface area contributed by atoms with E-state index in [1.165, 1.54) is 0 Å². The van der Waals surface area contributed by atoms with Crippen LogP contribution < -0.4 is 0 Å². The van der Waals surface area contributed by atoms with Gasteiger partial charge < -0.3 is 4.42 Å². The zero-order valence-electron chi connectivity index (χ0n) is 36.0. The first-order chi connectivity index (χ1) is 28.5. The van der Waals surface area contributed by atoms with Crippen molar-refractivity contribution >= 4 is 54.3 Å². The van der Waals surface area contributed by atoms with E-state index in [2.05, 4.69) is 42.5 Å². The van der Waals surface area contributed by atoms with E-state index in [0.29, 0.717) is 5.56 Å². The molecule has 49 heavy (non-hydrogen) atoms. The van der Waals surface area contributed by atoms with Crippen LogP contribution in [0.4, 0.5) is 0 Å². The largest absolute Gasteiger partial charge is 0.456 e. The van der Waals surface area contributed by atoms with Gasteiger partial charge in [0.1, 0.15) is 11.2 Å². The van der Waals surface area contributed by atoms with Gasteiger partial charge in [0.2, 0.25) is 0 Å². The molecule has 1 heterocycles. The number of furan rings is 1. The SMILES string of the molecule is [2H]c1c([2H])c([2H])c(-c2ccc(-c3c4ccccc4c(-c4cccc5oc6cc7ccccc7cc6c45)c4ccccc34)cc2-c2c([2H])c([2H])c([2H])c([2H])c2[2H])c([2H])c1[2H]. The van der Waals surface area contributed by atoms with E-state index in [0.717, 1.165) is 70.9 Å². The Kier molecular flexibility index (Phi) is 4.39. The van der Waals surface area contributed by atoms with Crippen molar-refractivity contribution in [3.63, 3.8) is 0 Å². The Balaban J connectivity index is 1.31. The van der Waals surface area contributed by atoms with Gasteiger partial charge in [-0.1, -0.05) is 157 Å². The molecular weight excluding hydrogens is 593 g/mol. The van der Waals surface area contributed by atoms with Crippen molar-refractivity contribution in [1.82, 2.24) is 0 Å². The number of fused-ring (bicyclic) bond motifs is 6. The summed E-state index contributed by atoms with van der Waals surface area (Å²) in [6.07, 6.45) is 0. The average molecular weight is 633 g/mol. The number of benzene rings is 9. The van der Waals surface area contributed by atoms with Gasteiger partial charge in [-0.05, 0) is 101 Å². The van der Waals surface area contributed by atoms with Gasteiger partial charge in [0.25, 0.3) is 0 Å². The Morgan fingerprint density at radius 1 is 0.367 bits per heavy atom. The monoisotopic (exact) mass is 632 g/mol. The minimum Gasteiger partial charge on any atom is -0.456 e. The van der Waals surface area contributed by atoms with Gasteiger partial charge in [-0.3, -0.25) is 0 Å². The highest BCUT2D eigenvalue weighted by atomic mass is 16.3. The van der Waals surface area contributed by atoms with Gasteiger partial charge >= 0.3 is 0 Å². The molecule has 0 saturated heterocycles. The van der Waals surface area contributed by atoms with Crippen molar-refractivity contribution < 1.29 is 18.1 Å². The predicted molar refractivity (Wildman–Crippen MR) is 208 cm³/mol. The first-order valence-electron chi connectivity index (χ1n) is 21.0. The molecule has 9 aromatic carbocycles. The Bertz CT molecular complexity index is 3350. The average Bonchev–Trinajstić information content (AvgIpc) is 3.62. The third-order valence-corrected chi connectivity index (χ3v) is 9.41. The van der Waals surface area contributed by atoms with Gasteiger partial charge in [-0.2, -0.15) is 0 Å². The lowest BCUT2D eigenvalue weighted by Gasteiger charge is -2.19. The van der Waals surface area contributed by atoms with Crippen LogP contribution in [0, 0.1) is 0 Å². The molecule has 0 saturated carbocycles. The normalized spacial score (nSPS) is 14.5. The zero-order chi connectivity index (χ0) is 41.0. The second-order valence-electron chi connectivity index (χ2n) is 12.1. The Labute approximate surface area is 298 Å². The molecule has 0 aliphatic rings. The lowest BCUT2D eigenvalue weighted by molar-refractivity contribution is 0.669. The van der Waals surface area contributed by atoms with E-state index in [9.17, 15) is 0 Å². The van der Waals surface area contributed by atoms with Crippen LogP contribution in [0.1, 0.15) is 13.7 Å². The van der Waals surface area contributed by atoms with Gasteiger partial charge in [0.05, 0.1) is 13.7 Å². The minimum atomic E-state index is -0.564. The summed E-state index contributed by atoms with van der Waals surface area (Å²) in [6.45, 7) is 0. The fourth-order valence-corrected chi connectivity index (χ4v) is 7.34. The van der Waals surface area contributed by atoms with E-state index in [1.807, 2.05) is 60.7 Å². The maximum atomic E-state index is 9.00. The molecule has 10 aromatic rings. The fourth-order valence-electron chi connectivity index (χ4n) is 7.34. The summed E-state index contributed by atoms with van der Waals surface area (Å²) >= 11 is 0. The molecular formula is C48H30O. The molecule has 1 heteroatoms. The predicted octanol–water partition coefficient (Wildman–Crippen LogP) is 13.7. The molecule has 1 nitrogen and oxygen atoms in total. The molecule has 0 N–H and O–H groups in total. The Hall–Kier alpha value is -6.44. The Morgan fingerprint density at radius 3 is 1.59 bits per heavy atom. The molecule has 0 radical (unpaired) electrons. The van der Waals surface area contributed by atoms with Crippen LogP contribution >= 0.6 is 0 Å². The van der Waals surface area contributed by atoms with Crippen molar-refractivity contribution in [1.29, 1.82) is 0 Å². The molecule has 0 unspecified atom stereocenters. The number of hydrogen-bond donors (Lipinski definition) is 0. The molecule has 10 rings (SSSR count). The van der Waals surface area contributed by atoms with E-state index < -0.39 is 60.4 Å². The summed E-state index contributed by atoms with van der Waals surface area (Å²) in [5.41, 5.74) is 5.00. The van der Waals surface area contributed by atoms with Crippen LogP contribution in [0.5, 0.6) is 0 Å². The molecule has 0 spiro atoms. The summed E-state index contributed by atoms with van der Waals surface area (Å²) in [6, 6.07) is 34.7. The summed E-state index contributed by atoms with van der Waals surface area (Å²) in [5.74, 6) is 0. The van der Waals surface area contributed by atoms with Gasteiger partial charge in [-0.15, -0.1) is 0 Å². The quantitative estimate of drug-likeness (QED) is 0.176. The van der Waals surface area contributed by atoms with E-state index >= 15 is 0 Å². The van der Waals surface area contributed by atoms with Gasteiger partial charge in [0.15, 0.2) is 0 Å². The number of rotatable bonds is 4.